The van der Waals surface area contributed by atoms with E-state index < -0.39 is 4.92 Å². The van der Waals surface area contributed by atoms with Gasteiger partial charge in [0.2, 0.25) is 0 Å². The maximum atomic E-state index is 10.9. The second-order valence-corrected chi connectivity index (χ2v) is 8.14. The van der Waals surface area contributed by atoms with Crippen molar-refractivity contribution in [2.24, 2.45) is 0 Å². The number of nitro benzene ring substituents is 1. The predicted molar refractivity (Wildman–Crippen MR) is 89.9 cm³/mol. The van der Waals surface area contributed by atoms with Gasteiger partial charge >= 0.3 is 0 Å². The zero-order valence-electron chi connectivity index (χ0n) is 10.0. The Morgan fingerprint density at radius 2 is 2.00 bits per heavy atom. The number of hydrogen-bond acceptors (Lipinski definition) is 5. The molecular formula is C12H4Br2ClN3O2S. The maximum absolute atomic E-state index is 10.9. The summed E-state index contributed by atoms with van der Waals surface area (Å²) in [5.41, 5.74) is 1.18. The van der Waals surface area contributed by atoms with Gasteiger partial charge in [0.1, 0.15) is 5.15 Å². The number of nitro groups is 1. The molecule has 3 rings (SSSR count). The lowest BCUT2D eigenvalue weighted by atomic mass is 10.2. The Bertz CT molecular complexity index is 884. The second kappa shape index (κ2) is 5.60. The molecule has 0 aliphatic rings. The maximum Gasteiger partial charge on any atom is 0.271 e. The molecule has 0 fully saturated rings. The summed E-state index contributed by atoms with van der Waals surface area (Å²) >= 11 is 14.5. The van der Waals surface area contributed by atoms with Gasteiger partial charge < -0.3 is 0 Å². The second-order valence-electron chi connectivity index (χ2n) is 4.03. The Morgan fingerprint density at radius 1 is 1.24 bits per heavy atom. The van der Waals surface area contributed by atoms with Gasteiger partial charge in [0, 0.05) is 23.1 Å². The summed E-state index contributed by atoms with van der Waals surface area (Å²) in [4.78, 5) is 19.0. The Kier molecular flexibility index (Phi) is 3.96. The van der Waals surface area contributed by atoms with Gasteiger partial charge in [-0.05, 0) is 44.0 Å². The Balaban J connectivity index is 2.25. The SMILES string of the molecule is O=[N+]([O-])c1ccc2c(Cl)nc(-c3cc(Br)sc3Br)nc2c1. The number of nitrogens with zero attached hydrogens (tertiary/aromatic N) is 3. The third-order valence-electron chi connectivity index (χ3n) is 2.74. The van der Waals surface area contributed by atoms with Crippen LogP contribution < -0.4 is 0 Å². The Hall–Kier alpha value is -1.09. The van der Waals surface area contributed by atoms with Gasteiger partial charge in [0.15, 0.2) is 5.82 Å². The van der Waals surface area contributed by atoms with E-state index in [2.05, 4.69) is 41.8 Å². The van der Waals surface area contributed by atoms with Crippen LogP contribution in [0.15, 0.2) is 31.8 Å². The lowest BCUT2D eigenvalue weighted by molar-refractivity contribution is -0.384. The normalized spacial score (nSPS) is 11.0. The molecule has 106 valence electrons. The summed E-state index contributed by atoms with van der Waals surface area (Å²) in [5, 5.41) is 11.7. The first-order chi connectivity index (χ1) is 9.95. The third-order valence-corrected chi connectivity index (χ3v) is 5.37. The van der Waals surface area contributed by atoms with Crippen LogP contribution in [0.25, 0.3) is 22.3 Å². The molecule has 9 heteroatoms. The molecule has 0 aliphatic heterocycles. The standard InChI is InChI=1S/C12H4Br2ClN3O2S/c13-9-4-7(10(14)21-9)12-16-8-3-5(18(19)20)1-2-6(8)11(15)17-12/h1-4H. The molecule has 0 unspecified atom stereocenters. The monoisotopic (exact) mass is 447 g/mol. The number of halogens is 3. The molecule has 0 atom stereocenters. The van der Waals surface area contributed by atoms with Crippen LogP contribution in [-0.4, -0.2) is 14.9 Å². The van der Waals surface area contributed by atoms with Crippen LogP contribution in [0.2, 0.25) is 5.15 Å². The van der Waals surface area contributed by atoms with Gasteiger partial charge in [-0.1, -0.05) is 11.6 Å². The zero-order valence-corrected chi connectivity index (χ0v) is 14.8. The molecule has 3 aromatic rings. The van der Waals surface area contributed by atoms with E-state index in [0.717, 1.165) is 13.1 Å². The molecule has 0 amide bonds. The van der Waals surface area contributed by atoms with Crippen LogP contribution in [0.3, 0.4) is 0 Å². The topological polar surface area (TPSA) is 68.9 Å². The summed E-state index contributed by atoms with van der Waals surface area (Å²) in [7, 11) is 0. The summed E-state index contributed by atoms with van der Waals surface area (Å²) in [6.07, 6.45) is 0. The largest absolute Gasteiger partial charge is 0.271 e. The van der Waals surface area contributed by atoms with E-state index in [9.17, 15) is 10.1 Å². The Labute approximate surface area is 144 Å². The third kappa shape index (κ3) is 2.80. The van der Waals surface area contributed by atoms with Gasteiger partial charge in [-0.15, -0.1) is 11.3 Å². The van der Waals surface area contributed by atoms with Crippen molar-refractivity contribution in [3.8, 4) is 11.4 Å². The number of aromatic nitrogens is 2. The molecule has 0 spiro atoms. The smallest absolute Gasteiger partial charge is 0.258 e. The highest BCUT2D eigenvalue weighted by Gasteiger charge is 2.15. The van der Waals surface area contributed by atoms with Gasteiger partial charge in [-0.3, -0.25) is 10.1 Å². The van der Waals surface area contributed by atoms with E-state index in [0.29, 0.717) is 16.7 Å². The molecule has 5 nitrogen and oxygen atoms in total. The average molecular weight is 450 g/mol. The number of rotatable bonds is 2. The minimum atomic E-state index is -0.466. The molecular weight excluding hydrogens is 445 g/mol. The minimum absolute atomic E-state index is 0.0335. The lowest BCUT2D eigenvalue weighted by Gasteiger charge is -2.03. The van der Waals surface area contributed by atoms with Gasteiger partial charge in [-0.2, -0.15) is 0 Å². The van der Waals surface area contributed by atoms with Crippen molar-refractivity contribution in [1.82, 2.24) is 9.97 Å². The van der Waals surface area contributed by atoms with Crippen LogP contribution in [0.5, 0.6) is 0 Å². The van der Waals surface area contributed by atoms with Crippen molar-refractivity contribution in [3.63, 3.8) is 0 Å². The molecule has 0 bridgehead atoms. The fourth-order valence-corrected chi connectivity index (χ4v) is 4.84. The van der Waals surface area contributed by atoms with E-state index in [-0.39, 0.29) is 10.8 Å². The quantitative estimate of drug-likeness (QED) is 0.297. The van der Waals surface area contributed by atoms with Crippen LogP contribution in [0.1, 0.15) is 0 Å². The molecule has 0 N–H and O–H groups in total. The highest BCUT2D eigenvalue weighted by Crippen LogP contribution is 2.38. The van der Waals surface area contributed by atoms with E-state index in [1.165, 1.54) is 23.5 Å². The van der Waals surface area contributed by atoms with Gasteiger partial charge in [0.25, 0.3) is 5.69 Å². The van der Waals surface area contributed by atoms with Gasteiger partial charge in [-0.25, -0.2) is 9.97 Å². The number of fused-ring (bicyclic) bond motifs is 1. The minimum Gasteiger partial charge on any atom is -0.258 e. The molecule has 0 aliphatic carbocycles. The lowest BCUT2D eigenvalue weighted by Crippen LogP contribution is -1.93. The molecule has 0 saturated heterocycles. The fraction of sp³-hybridized carbons (Fsp3) is 0. The van der Waals surface area contributed by atoms with Crippen molar-refractivity contribution < 1.29 is 4.92 Å². The van der Waals surface area contributed by atoms with Gasteiger partial charge in [0.05, 0.1) is 18.0 Å². The first-order valence-corrected chi connectivity index (χ1v) is 8.30. The molecule has 2 heterocycles. The summed E-state index contributed by atoms with van der Waals surface area (Å²) in [5.74, 6) is 0.418. The molecule has 1 aromatic carbocycles. The fourth-order valence-electron chi connectivity index (χ4n) is 1.81. The number of thiophene rings is 1. The van der Waals surface area contributed by atoms with Crippen molar-refractivity contribution in [2.45, 2.75) is 0 Å². The molecule has 0 saturated carbocycles. The van der Waals surface area contributed by atoms with Crippen LogP contribution in [0, 0.1) is 10.1 Å². The van der Waals surface area contributed by atoms with Crippen LogP contribution in [0.4, 0.5) is 5.69 Å². The molecule has 2 aromatic heterocycles. The van der Waals surface area contributed by atoms with Crippen LogP contribution in [-0.2, 0) is 0 Å². The van der Waals surface area contributed by atoms with E-state index >= 15 is 0 Å². The summed E-state index contributed by atoms with van der Waals surface area (Å²) in [6.45, 7) is 0. The van der Waals surface area contributed by atoms with Crippen molar-refractivity contribution in [1.29, 1.82) is 0 Å². The predicted octanol–water partition coefficient (Wildman–Crippen LogP) is 5.44. The number of hydrogen-bond donors (Lipinski definition) is 0. The molecule has 0 radical (unpaired) electrons. The highest BCUT2D eigenvalue weighted by molar-refractivity contribution is 9.12. The van der Waals surface area contributed by atoms with Crippen molar-refractivity contribution in [2.75, 3.05) is 0 Å². The summed E-state index contributed by atoms with van der Waals surface area (Å²) in [6, 6.07) is 6.19. The molecule has 21 heavy (non-hydrogen) atoms. The van der Waals surface area contributed by atoms with E-state index in [4.69, 9.17) is 11.6 Å². The van der Waals surface area contributed by atoms with Crippen LogP contribution >= 0.6 is 54.8 Å². The zero-order chi connectivity index (χ0) is 15.1. The van der Waals surface area contributed by atoms with E-state index in [1.54, 1.807) is 6.07 Å². The first-order valence-electron chi connectivity index (χ1n) is 5.52. The highest BCUT2D eigenvalue weighted by atomic mass is 79.9. The summed E-state index contributed by atoms with van der Waals surface area (Å²) < 4.78 is 1.78. The Morgan fingerprint density at radius 3 is 2.62 bits per heavy atom. The van der Waals surface area contributed by atoms with Crippen molar-refractivity contribution >= 4 is 71.4 Å². The first kappa shape index (κ1) is 14.8. The average Bonchev–Trinajstić information content (AvgIpc) is 2.77. The number of benzene rings is 1. The van der Waals surface area contributed by atoms with Crippen molar-refractivity contribution in [3.05, 3.63) is 47.1 Å². The number of non-ortho nitro benzene ring substituents is 1. The van der Waals surface area contributed by atoms with E-state index in [1.807, 2.05) is 6.07 Å².